The van der Waals surface area contributed by atoms with Crippen LogP contribution < -0.4 is 10.2 Å². The molecule has 6 heteroatoms. The number of aryl methyl sites for hydroxylation is 1. The van der Waals surface area contributed by atoms with E-state index in [-0.39, 0.29) is 10.6 Å². The number of nitrogens with zero attached hydrogens (tertiary/aromatic N) is 3. The van der Waals surface area contributed by atoms with Crippen LogP contribution in [0.25, 0.3) is 0 Å². The highest BCUT2D eigenvalue weighted by Crippen LogP contribution is 2.32. The summed E-state index contributed by atoms with van der Waals surface area (Å²) in [5.74, 6) is 0.737. The standard InChI is InChI=1S/C15H22N4O2/c1-3-18(13-6-11-4-5-12(7-13)17-11)15-8-14(19(20)21)10(2)9-16-15/h8-9,11-13,17H,3-7H2,1-2H3. The van der Waals surface area contributed by atoms with Crippen LogP contribution in [0.5, 0.6) is 0 Å². The molecule has 21 heavy (non-hydrogen) atoms. The fourth-order valence-corrected chi connectivity index (χ4v) is 3.75. The first-order chi connectivity index (χ1) is 10.1. The molecule has 0 saturated carbocycles. The van der Waals surface area contributed by atoms with E-state index in [0.717, 1.165) is 25.2 Å². The maximum atomic E-state index is 11.1. The van der Waals surface area contributed by atoms with Crippen LogP contribution in [0.15, 0.2) is 12.3 Å². The van der Waals surface area contributed by atoms with Crippen LogP contribution in [0.3, 0.4) is 0 Å². The zero-order chi connectivity index (χ0) is 15.0. The van der Waals surface area contributed by atoms with Crippen LogP contribution in [-0.2, 0) is 0 Å². The van der Waals surface area contributed by atoms with Crippen molar-refractivity contribution in [2.75, 3.05) is 11.4 Å². The number of hydrogen-bond acceptors (Lipinski definition) is 5. The van der Waals surface area contributed by atoms with E-state index in [1.165, 1.54) is 12.8 Å². The van der Waals surface area contributed by atoms with Gasteiger partial charge in [-0.25, -0.2) is 4.98 Å². The van der Waals surface area contributed by atoms with Gasteiger partial charge in [-0.15, -0.1) is 0 Å². The van der Waals surface area contributed by atoms with E-state index in [2.05, 4.69) is 22.1 Å². The molecular formula is C15H22N4O2. The predicted octanol–water partition coefficient (Wildman–Crippen LogP) is 2.41. The van der Waals surface area contributed by atoms with Crippen molar-refractivity contribution < 1.29 is 4.92 Å². The third-order valence-electron chi connectivity index (χ3n) is 4.78. The van der Waals surface area contributed by atoms with Crippen molar-refractivity contribution in [2.24, 2.45) is 0 Å². The number of pyridine rings is 1. The quantitative estimate of drug-likeness (QED) is 0.681. The van der Waals surface area contributed by atoms with E-state index in [4.69, 9.17) is 0 Å². The van der Waals surface area contributed by atoms with Gasteiger partial charge >= 0.3 is 0 Å². The molecule has 0 amide bonds. The molecule has 0 spiro atoms. The zero-order valence-corrected chi connectivity index (χ0v) is 12.6. The second-order valence-corrected chi connectivity index (χ2v) is 6.14. The molecule has 2 aliphatic rings. The van der Waals surface area contributed by atoms with Crippen LogP contribution in [-0.4, -0.2) is 34.6 Å². The fourth-order valence-electron chi connectivity index (χ4n) is 3.75. The largest absolute Gasteiger partial charge is 0.354 e. The number of fused-ring (bicyclic) bond motifs is 2. The van der Waals surface area contributed by atoms with Crippen LogP contribution in [0.2, 0.25) is 0 Å². The van der Waals surface area contributed by atoms with Gasteiger partial charge in [0, 0.05) is 36.4 Å². The molecule has 2 aliphatic heterocycles. The molecule has 2 fully saturated rings. The predicted molar refractivity (Wildman–Crippen MR) is 81.6 cm³/mol. The Kier molecular flexibility index (Phi) is 3.80. The Labute approximate surface area is 124 Å². The molecule has 1 aromatic rings. The van der Waals surface area contributed by atoms with Gasteiger partial charge in [0.1, 0.15) is 5.82 Å². The number of hydrogen-bond donors (Lipinski definition) is 1. The van der Waals surface area contributed by atoms with Crippen LogP contribution in [0.1, 0.15) is 38.2 Å². The Hall–Kier alpha value is -1.69. The highest BCUT2D eigenvalue weighted by Gasteiger charge is 2.36. The van der Waals surface area contributed by atoms with Crippen molar-refractivity contribution in [3.05, 3.63) is 27.9 Å². The molecule has 3 heterocycles. The monoisotopic (exact) mass is 290 g/mol. The van der Waals surface area contributed by atoms with Gasteiger partial charge in [0.2, 0.25) is 0 Å². The Bertz CT molecular complexity index is 536. The lowest BCUT2D eigenvalue weighted by Crippen LogP contribution is -2.48. The first-order valence-electron chi connectivity index (χ1n) is 7.72. The number of anilines is 1. The number of nitrogens with one attached hydrogen (secondary N) is 1. The summed E-state index contributed by atoms with van der Waals surface area (Å²) in [6.45, 7) is 4.66. The molecule has 2 saturated heterocycles. The molecule has 2 unspecified atom stereocenters. The SMILES string of the molecule is CCN(c1cc([N+](=O)[O-])c(C)cn1)C1CC2CCC(C1)N2. The van der Waals surface area contributed by atoms with Crippen molar-refractivity contribution in [2.45, 2.75) is 57.7 Å². The topological polar surface area (TPSA) is 71.3 Å². The molecule has 2 bridgehead atoms. The summed E-state index contributed by atoms with van der Waals surface area (Å²) < 4.78 is 0. The van der Waals surface area contributed by atoms with Crippen molar-refractivity contribution in [3.8, 4) is 0 Å². The van der Waals surface area contributed by atoms with Gasteiger partial charge < -0.3 is 10.2 Å². The van der Waals surface area contributed by atoms with Crippen LogP contribution in [0, 0.1) is 17.0 Å². The van der Waals surface area contributed by atoms with E-state index in [1.807, 2.05) is 0 Å². The number of rotatable bonds is 4. The summed E-state index contributed by atoms with van der Waals surface area (Å²) in [5, 5.41) is 14.8. The summed E-state index contributed by atoms with van der Waals surface area (Å²) in [6.07, 6.45) is 6.33. The number of nitro groups is 1. The minimum absolute atomic E-state index is 0.162. The van der Waals surface area contributed by atoms with Crippen LogP contribution in [0.4, 0.5) is 11.5 Å². The second-order valence-electron chi connectivity index (χ2n) is 6.14. The average molecular weight is 290 g/mol. The van der Waals surface area contributed by atoms with Gasteiger partial charge in [-0.1, -0.05) is 0 Å². The Morgan fingerprint density at radius 3 is 2.67 bits per heavy atom. The fraction of sp³-hybridized carbons (Fsp3) is 0.667. The van der Waals surface area contributed by atoms with Crippen molar-refractivity contribution in [1.82, 2.24) is 10.3 Å². The summed E-state index contributed by atoms with van der Waals surface area (Å²) in [5.41, 5.74) is 0.778. The Balaban J connectivity index is 1.86. The minimum atomic E-state index is -0.319. The Morgan fingerprint density at radius 1 is 1.43 bits per heavy atom. The lowest BCUT2D eigenvalue weighted by atomic mass is 9.98. The van der Waals surface area contributed by atoms with Gasteiger partial charge in [-0.05, 0) is 39.5 Å². The summed E-state index contributed by atoms with van der Waals surface area (Å²) >= 11 is 0. The smallest absolute Gasteiger partial charge is 0.277 e. The molecular weight excluding hydrogens is 268 g/mol. The molecule has 3 rings (SSSR count). The zero-order valence-electron chi connectivity index (χ0n) is 12.6. The highest BCUT2D eigenvalue weighted by atomic mass is 16.6. The molecule has 0 radical (unpaired) electrons. The van der Waals surface area contributed by atoms with Gasteiger partial charge in [0.15, 0.2) is 0 Å². The van der Waals surface area contributed by atoms with E-state index >= 15 is 0 Å². The lowest BCUT2D eigenvalue weighted by Gasteiger charge is -2.38. The summed E-state index contributed by atoms with van der Waals surface area (Å²) in [6, 6.07) is 3.26. The number of piperidine rings is 1. The Morgan fingerprint density at radius 2 is 2.10 bits per heavy atom. The molecule has 6 nitrogen and oxygen atoms in total. The van der Waals surface area contributed by atoms with Crippen molar-refractivity contribution in [3.63, 3.8) is 0 Å². The average Bonchev–Trinajstić information content (AvgIpc) is 2.80. The normalized spacial score (nSPS) is 27.6. The molecule has 114 valence electrons. The first-order valence-corrected chi connectivity index (χ1v) is 7.72. The molecule has 1 aromatic heterocycles. The van der Waals surface area contributed by atoms with Gasteiger partial charge in [0.05, 0.1) is 11.0 Å². The van der Waals surface area contributed by atoms with Gasteiger partial charge in [-0.3, -0.25) is 10.1 Å². The summed E-state index contributed by atoms with van der Waals surface area (Å²) in [7, 11) is 0. The highest BCUT2D eigenvalue weighted by molar-refractivity contribution is 5.51. The molecule has 0 aromatic carbocycles. The molecule has 1 N–H and O–H groups in total. The third kappa shape index (κ3) is 2.72. The van der Waals surface area contributed by atoms with Gasteiger partial charge in [-0.2, -0.15) is 0 Å². The van der Waals surface area contributed by atoms with Crippen molar-refractivity contribution >= 4 is 11.5 Å². The van der Waals surface area contributed by atoms with Gasteiger partial charge in [0.25, 0.3) is 5.69 Å². The van der Waals surface area contributed by atoms with E-state index in [1.54, 1.807) is 19.2 Å². The van der Waals surface area contributed by atoms with E-state index < -0.39 is 0 Å². The van der Waals surface area contributed by atoms with Crippen LogP contribution >= 0.6 is 0 Å². The van der Waals surface area contributed by atoms with E-state index in [9.17, 15) is 10.1 Å². The van der Waals surface area contributed by atoms with E-state index in [0.29, 0.717) is 23.7 Å². The first kappa shape index (κ1) is 14.3. The molecule has 0 aliphatic carbocycles. The third-order valence-corrected chi connectivity index (χ3v) is 4.78. The maximum Gasteiger partial charge on any atom is 0.277 e. The maximum absolute atomic E-state index is 11.1. The second kappa shape index (κ2) is 5.60. The van der Waals surface area contributed by atoms with Crippen molar-refractivity contribution in [1.29, 1.82) is 0 Å². The lowest BCUT2D eigenvalue weighted by molar-refractivity contribution is -0.385. The summed E-state index contributed by atoms with van der Waals surface area (Å²) in [4.78, 5) is 17.5. The number of aromatic nitrogens is 1. The molecule has 2 atom stereocenters. The minimum Gasteiger partial charge on any atom is -0.354 e.